The summed E-state index contributed by atoms with van der Waals surface area (Å²) in [5.74, 6) is -0.414. The van der Waals surface area contributed by atoms with Crippen molar-refractivity contribution in [2.75, 3.05) is 44.6 Å². The second kappa shape index (κ2) is 10.2. The Morgan fingerprint density at radius 1 is 1.19 bits per heavy atom. The molecule has 3 aliphatic rings. The fourth-order valence-corrected chi connectivity index (χ4v) is 6.98. The highest BCUT2D eigenvalue weighted by Crippen LogP contribution is 2.35. The molecule has 2 N–H and O–H groups in total. The second-order valence-electron chi connectivity index (χ2n) is 9.74. The summed E-state index contributed by atoms with van der Waals surface area (Å²) in [4.78, 5) is 27.0. The monoisotopic (exact) mass is 512 g/mol. The minimum absolute atomic E-state index is 0.0967. The molecule has 3 heterocycles. The van der Waals surface area contributed by atoms with Gasteiger partial charge in [-0.25, -0.2) is 8.42 Å². The van der Waals surface area contributed by atoms with Crippen LogP contribution in [0.3, 0.4) is 0 Å². The molecule has 0 saturated carbocycles. The third-order valence-corrected chi connectivity index (χ3v) is 9.23. The predicted octanol–water partition coefficient (Wildman–Crippen LogP) is 1.90. The molecule has 0 bridgehead atoms. The highest BCUT2D eigenvalue weighted by Gasteiger charge is 2.35. The molecule has 1 fully saturated rings. The van der Waals surface area contributed by atoms with Gasteiger partial charge in [0.05, 0.1) is 16.5 Å². The Hall–Kier alpha value is -2.95. The van der Waals surface area contributed by atoms with Gasteiger partial charge in [0.2, 0.25) is 15.9 Å². The van der Waals surface area contributed by atoms with Crippen molar-refractivity contribution in [1.82, 2.24) is 14.5 Å². The lowest BCUT2D eigenvalue weighted by Crippen LogP contribution is -2.46. The molecule has 1 atom stereocenters. The molecule has 2 aromatic carbocycles. The summed E-state index contributed by atoms with van der Waals surface area (Å²) in [6.07, 6.45) is 2.29. The molecule has 2 aromatic rings. The van der Waals surface area contributed by atoms with Crippen molar-refractivity contribution in [3.05, 3.63) is 53.1 Å². The largest absolute Gasteiger partial charge is 0.482 e. The molecule has 1 saturated heterocycles. The Morgan fingerprint density at radius 3 is 2.83 bits per heavy atom. The third-order valence-electron chi connectivity index (χ3n) is 7.22. The molecule has 9 nitrogen and oxygen atoms in total. The first kappa shape index (κ1) is 24.7. The van der Waals surface area contributed by atoms with Gasteiger partial charge in [-0.15, -0.1) is 0 Å². The van der Waals surface area contributed by atoms with E-state index in [0.717, 1.165) is 26.1 Å². The topological polar surface area (TPSA) is 108 Å². The van der Waals surface area contributed by atoms with E-state index in [1.165, 1.54) is 21.5 Å². The maximum atomic E-state index is 13.5. The maximum absolute atomic E-state index is 13.5. The smallest absolute Gasteiger partial charge is 0.262 e. The molecule has 5 rings (SSSR count). The van der Waals surface area contributed by atoms with E-state index < -0.39 is 10.0 Å². The van der Waals surface area contributed by atoms with Gasteiger partial charge in [-0.1, -0.05) is 24.3 Å². The molecule has 0 radical (unpaired) electrons. The summed E-state index contributed by atoms with van der Waals surface area (Å²) in [5.41, 5.74) is 3.73. The van der Waals surface area contributed by atoms with Crippen LogP contribution in [0.5, 0.6) is 5.75 Å². The van der Waals surface area contributed by atoms with Crippen molar-refractivity contribution in [2.24, 2.45) is 5.92 Å². The van der Waals surface area contributed by atoms with E-state index in [1.54, 1.807) is 13.0 Å². The number of hydrogen-bond acceptors (Lipinski definition) is 6. The molecule has 0 unspecified atom stereocenters. The zero-order valence-electron chi connectivity index (χ0n) is 20.5. The van der Waals surface area contributed by atoms with E-state index >= 15 is 0 Å². The number of aryl methyl sites for hydroxylation is 1. The molecule has 10 heteroatoms. The number of carbonyl (C=O) groups excluding carboxylic acids is 2. The summed E-state index contributed by atoms with van der Waals surface area (Å²) in [5, 5.41) is 5.73. The Bertz CT molecular complexity index is 1280. The molecule has 3 aliphatic heterocycles. The van der Waals surface area contributed by atoms with Crippen LogP contribution in [0, 0.1) is 12.8 Å². The van der Waals surface area contributed by atoms with Crippen LogP contribution in [0.1, 0.15) is 29.5 Å². The molecule has 2 amide bonds. The highest BCUT2D eigenvalue weighted by atomic mass is 32.2. The average Bonchev–Trinajstić information content (AvgIpc) is 2.88. The number of amides is 2. The van der Waals surface area contributed by atoms with Gasteiger partial charge in [0.1, 0.15) is 5.75 Å². The zero-order chi connectivity index (χ0) is 25.3. The van der Waals surface area contributed by atoms with Crippen LogP contribution in [0.25, 0.3) is 0 Å². The van der Waals surface area contributed by atoms with Crippen LogP contribution >= 0.6 is 0 Å². The number of benzene rings is 2. The standard InChI is InChI=1S/C26H32N4O5S/c1-18-13-22-23(35-17-25(31)28-22)14-24(18)36(33,34)30-10-4-7-21(16-30)26(32)27-9-12-29-11-8-19-5-2-3-6-20(19)15-29/h2-3,5-6,13-14,21H,4,7-12,15-17H2,1H3,(H,27,32)(H,28,31)/t21-/m0/s1. The van der Waals surface area contributed by atoms with Crippen LogP contribution in [0.4, 0.5) is 5.69 Å². The van der Waals surface area contributed by atoms with Crippen LogP contribution in [0.2, 0.25) is 0 Å². The molecular formula is C26H32N4O5S. The van der Waals surface area contributed by atoms with Crippen molar-refractivity contribution >= 4 is 27.5 Å². The van der Waals surface area contributed by atoms with Crippen molar-refractivity contribution in [1.29, 1.82) is 0 Å². The molecule has 36 heavy (non-hydrogen) atoms. The van der Waals surface area contributed by atoms with Crippen molar-refractivity contribution in [2.45, 2.75) is 37.6 Å². The van der Waals surface area contributed by atoms with Crippen LogP contribution in [-0.4, -0.2) is 68.8 Å². The van der Waals surface area contributed by atoms with E-state index in [4.69, 9.17) is 4.74 Å². The van der Waals surface area contributed by atoms with Gasteiger partial charge in [0.25, 0.3) is 5.91 Å². The number of hydrogen-bond donors (Lipinski definition) is 2. The first-order chi connectivity index (χ1) is 17.3. The molecular weight excluding hydrogens is 480 g/mol. The van der Waals surface area contributed by atoms with Crippen molar-refractivity contribution in [3.63, 3.8) is 0 Å². The average molecular weight is 513 g/mol. The van der Waals surface area contributed by atoms with Crippen LogP contribution < -0.4 is 15.4 Å². The third kappa shape index (κ3) is 5.11. The molecule has 192 valence electrons. The summed E-state index contributed by atoms with van der Waals surface area (Å²) in [7, 11) is -3.82. The quantitative estimate of drug-likeness (QED) is 0.612. The first-order valence-corrected chi connectivity index (χ1v) is 13.9. The highest BCUT2D eigenvalue weighted by molar-refractivity contribution is 7.89. The van der Waals surface area contributed by atoms with Crippen LogP contribution in [0.15, 0.2) is 41.3 Å². The summed E-state index contributed by atoms with van der Waals surface area (Å²) in [6, 6.07) is 11.6. The van der Waals surface area contributed by atoms with E-state index in [0.29, 0.717) is 42.9 Å². The Balaban J connectivity index is 1.18. The van der Waals surface area contributed by atoms with Crippen molar-refractivity contribution in [3.8, 4) is 5.75 Å². The van der Waals surface area contributed by atoms with Gasteiger partial charge in [-0.2, -0.15) is 4.31 Å². The number of nitrogens with one attached hydrogen (secondary N) is 2. The Kier molecular flexibility index (Phi) is 7.00. The summed E-state index contributed by atoms with van der Waals surface area (Å²) >= 11 is 0. The van der Waals surface area contributed by atoms with E-state index in [-0.39, 0.29) is 35.8 Å². The Labute approximate surface area is 211 Å². The van der Waals surface area contributed by atoms with Gasteiger partial charge in [0, 0.05) is 45.3 Å². The lowest BCUT2D eigenvalue weighted by Gasteiger charge is -2.32. The van der Waals surface area contributed by atoms with Gasteiger partial charge in [0.15, 0.2) is 6.61 Å². The Morgan fingerprint density at radius 2 is 2.00 bits per heavy atom. The van der Waals surface area contributed by atoms with Gasteiger partial charge in [-0.05, 0) is 48.9 Å². The molecule has 0 spiro atoms. The van der Waals surface area contributed by atoms with Gasteiger partial charge < -0.3 is 15.4 Å². The predicted molar refractivity (Wildman–Crippen MR) is 135 cm³/mol. The minimum Gasteiger partial charge on any atom is -0.482 e. The lowest BCUT2D eigenvalue weighted by molar-refractivity contribution is -0.126. The molecule has 0 aliphatic carbocycles. The fourth-order valence-electron chi connectivity index (χ4n) is 5.23. The fraction of sp³-hybridized carbons (Fsp3) is 0.462. The number of rotatable bonds is 6. The minimum atomic E-state index is -3.82. The lowest BCUT2D eigenvalue weighted by atomic mass is 9.98. The number of anilines is 1. The maximum Gasteiger partial charge on any atom is 0.262 e. The number of piperidine rings is 1. The van der Waals surface area contributed by atoms with Gasteiger partial charge in [-0.3, -0.25) is 14.5 Å². The number of nitrogens with zero attached hydrogens (tertiary/aromatic N) is 2. The van der Waals surface area contributed by atoms with Crippen molar-refractivity contribution < 1.29 is 22.7 Å². The SMILES string of the molecule is Cc1cc2c(cc1S(=O)(=O)N1CCC[C@H](C(=O)NCCN3CCc4ccccc4C3)C1)OCC(=O)N2. The van der Waals surface area contributed by atoms with E-state index in [2.05, 4.69) is 39.8 Å². The second-order valence-corrected chi connectivity index (χ2v) is 11.6. The van der Waals surface area contributed by atoms with Crippen LogP contribution in [-0.2, 0) is 32.6 Å². The summed E-state index contributed by atoms with van der Waals surface area (Å²) < 4.78 is 33.8. The van der Waals surface area contributed by atoms with Gasteiger partial charge >= 0.3 is 0 Å². The normalized spacial score (nSPS) is 20.6. The van der Waals surface area contributed by atoms with E-state index in [9.17, 15) is 18.0 Å². The number of sulfonamides is 1. The zero-order valence-corrected chi connectivity index (χ0v) is 21.3. The number of carbonyl (C=O) groups is 2. The summed E-state index contributed by atoms with van der Waals surface area (Å²) in [6.45, 7) is 5.22. The molecule has 0 aromatic heterocycles. The number of fused-ring (bicyclic) bond motifs is 2. The number of ether oxygens (including phenoxy) is 1. The van der Waals surface area contributed by atoms with E-state index in [1.807, 2.05) is 0 Å². The first-order valence-electron chi connectivity index (χ1n) is 12.5.